The van der Waals surface area contributed by atoms with Crippen LogP contribution in [0.4, 0.5) is 5.82 Å². The first-order valence-electron chi connectivity index (χ1n) is 10.2. The molecule has 0 amide bonds. The second-order valence-corrected chi connectivity index (χ2v) is 10.3. The Labute approximate surface area is 195 Å². The molecule has 3 rings (SSSR count). The molecule has 1 unspecified atom stereocenters. The number of hydrogen-bond acceptors (Lipinski definition) is 10. The molecule has 4 atom stereocenters. The highest BCUT2D eigenvalue weighted by Gasteiger charge is 2.36. The number of thioether (sulfide) groups is 1. The third-order valence-electron chi connectivity index (χ3n) is 4.30. The Morgan fingerprint density at radius 3 is 2.73 bits per heavy atom. The molecule has 33 heavy (non-hydrogen) atoms. The molecular formula is C20H27N4O7PS. The van der Waals surface area contributed by atoms with Gasteiger partial charge in [0.2, 0.25) is 0 Å². The van der Waals surface area contributed by atoms with Crippen molar-refractivity contribution in [1.82, 2.24) is 14.6 Å². The SMILES string of the molecule is CC(C)OC(=O)[C@H](C)NP(=O)(OC[C@@H]1O[C@H](n2ccc(N)nc2=O)CS1)Oc1ccccc1. The van der Waals surface area contributed by atoms with Gasteiger partial charge in [0, 0.05) is 11.9 Å². The Kier molecular flexibility index (Phi) is 8.55. The fourth-order valence-electron chi connectivity index (χ4n) is 2.82. The second-order valence-electron chi connectivity index (χ2n) is 7.43. The number of rotatable bonds is 10. The number of carbonyl (C=O) groups is 1. The lowest BCUT2D eigenvalue weighted by Gasteiger charge is -2.24. The van der Waals surface area contributed by atoms with Gasteiger partial charge in [0.15, 0.2) is 0 Å². The molecule has 0 saturated carbocycles. The number of nitrogens with zero attached hydrogens (tertiary/aromatic N) is 2. The van der Waals surface area contributed by atoms with Crippen LogP contribution in [0.3, 0.4) is 0 Å². The van der Waals surface area contributed by atoms with E-state index in [1.807, 2.05) is 0 Å². The monoisotopic (exact) mass is 498 g/mol. The molecule has 0 aliphatic carbocycles. The lowest BCUT2D eigenvalue weighted by atomic mass is 10.3. The molecule has 0 spiro atoms. The number of nitrogens with one attached hydrogen (secondary N) is 1. The van der Waals surface area contributed by atoms with E-state index in [9.17, 15) is 14.2 Å². The second kappa shape index (κ2) is 11.2. The Hall–Kier alpha value is -2.37. The Morgan fingerprint density at radius 2 is 2.06 bits per heavy atom. The van der Waals surface area contributed by atoms with Crippen molar-refractivity contribution in [2.24, 2.45) is 0 Å². The molecule has 1 saturated heterocycles. The maximum absolute atomic E-state index is 13.5. The van der Waals surface area contributed by atoms with Gasteiger partial charge >= 0.3 is 19.4 Å². The molecule has 1 aromatic heterocycles. The summed E-state index contributed by atoms with van der Waals surface area (Å²) in [4.78, 5) is 27.9. The number of ether oxygens (including phenoxy) is 2. The van der Waals surface area contributed by atoms with E-state index >= 15 is 0 Å². The molecule has 1 fully saturated rings. The van der Waals surface area contributed by atoms with Crippen molar-refractivity contribution in [1.29, 1.82) is 0 Å². The molecule has 11 nitrogen and oxygen atoms in total. The fourth-order valence-corrected chi connectivity index (χ4v) is 5.40. The van der Waals surface area contributed by atoms with Crippen molar-refractivity contribution in [3.63, 3.8) is 0 Å². The number of carbonyl (C=O) groups excluding carboxylic acids is 1. The number of nitrogen functional groups attached to an aromatic ring is 1. The molecule has 2 heterocycles. The Bertz CT molecular complexity index is 1050. The summed E-state index contributed by atoms with van der Waals surface area (Å²) in [5.41, 5.74) is 4.46. The van der Waals surface area contributed by atoms with Crippen molar-refractivity contribution < 1.29 is 27.9 Å². The minimum absolute atomic E-state index is 0.122. The third kappa shape index (κ3) is 7.31. The summed E-state index contributed by atoms with van der Waals surface area (Å²) >= 11 is 1.38. The molecule has 180 valence electrons. The van der Waals surface area contributed by atoms with Crippen LogP contribution < -0.4 is 21.0 Å². The molecular weight excluding hydrogens is 471 g/mol. The van der Waals surface area contributed by atoms with Crippen LogP contribution in [0.5, 0.6) is 5.75 Å². The first kappa shape index (κ1) is 25.3. The van der Waals surface area contributed by atoms with Crippen LogP contribution in [-0.4, -0.2) is 45.5 Å². The number of benzene rings is 1. The number of nitrogens with two attached hydrogens (primary N) is 1. The lowest BCUT2D eigenvalue weighted by Crippen LogP contribution is -2.36. The number of hydrogen-bond donors (Lipinski definition) is 2. The van der Waals surface area contributed by atoms with Crippen molar-refractivity contribution in [2.75, 3.05) is 18.1 Å². The summed E-state index contributed by atoms with van der Waals surface area (Å²) in [6.45, 7) is 4.82. The van der Waals surface area contributed by atoms with Crippen LogP contribution >= 0.6 is 19.5 Å². The number of anilines is 1. The van der Waals surface area contributed by atoms with Crippen molar-refractivity contribution in [3.8, 4) is 5.75 Å². The molecule has 2 aromatic rings. The van der Waals surface area contributed by atoms with Crippen LogP contribution in [0.15, 0.2) is 47.4 Å². The quantitative estimate of drug-likeness (QED) is 0.368. The van der Waals surface area contributed by atoms with E-state index in [1.165, 1.54) is 35.5 Å². The standard InChI is InChI=1S/C20H27N4O7PS/c1-13(2)29-19(25)14(3)23-32(27,31-15-7-5-4-6-8-15)28-11-18-30-17(12-33-18)24-10-9-16(21)22-20(24)26/h4-10,13-14,17-18H,11-12H2,1-3H3,(H,23,27)(H2,21,22,26)/t14-,17-,18+,32?/m0/s1. The fraction of sp³-hybridized carbons (Fsp3) is 0.450. The van der Waals surface area contributed by atoms with Crippen LogP contribution in [0.2, 0.25) is 0 Å². The summed E-state index contributed by atoms with van der Waals surface area (Å²) in [5.74, 6) is 0.285. The van der Waals surface area contributed by atoms with Crippen LogP contribution in [-0.2, 0) is 23.4 Å². The van der Waals surface area contributed by atoms with E-state index in [0.717, 1.165) is 0 Å². The zero-order valence-corrected chi connectivity index (χ0v) is 20.2. The molecule has 1 aromatic carbocycles. The summed E-state index contributed by atoms with van der Waals surface area (Å²) < 4.78 is 37.0. The van der Waals surface area contributed by atoms with E-state index in [0.29, 0.717) is 11.5 Å². The first-order valence-corrected chi connectivity index (χ1v) is 12.8. The molecule has 13 heteroatoms. The van der Waals surface area contributed by atoms with Gasteiger partial charge in [-0.1, -0.05) is 18.2 Å². The Morgan fingerprint density at radius 1 is 1.33 bits per heavy atom. The molecule has 0 radical (unpaired) electrons. The summed E-state index contributed by atoms with van der Waals surface area (Å²) in [6.07, 6.45) is 0.599. The van der Waals surface area contributed by atoms with Gasteiger partial charge in [-0.25, -0.2) is 9.36 Å². The minimum atomic E-state index is -4.00. The van der Waals surface area contributed by atoms with Gasteiger partial charge < -0.3 is 19.7 Å². The maximum Gasteiger partial charge on any atom is 0.459 e. The average Bonchev–Trinajstić information content (AvgIpc) is 3.21. The van der Waals surface area contributed by atoms with Crippen LogP contribution in [0.1, 0.15) is 27.0 Å². The van der Waals surface area contributed by atoms with Gasteiger partial charge in [-0.05, 0) is 39.0 Å². The van der Waals surface area contributed by atoms with Crippen LogP contribution in [0, 0.1) is 0 Å². The van der Waals surface area contributed by atoms with Gasteiger partial charge in [0.1, 0.15) is 29.3 Å². The highest BCUT2D eigenvalue weighted by atomic mass is 32.2. The van der Waals surface area contributed by atoms with Gasteiger partial charge in [0.05, 0.1) is 12.7 Å². The topological polar surface area (TPSA) is 144 Å². The van der Waals surface area contributed by atoms with E-state index in [2.05, 4.69) is 10.1 Å². The minimum Gasteiger partial charge on any atom is -0.462 e. The van der Waals surface area contributed by atoms with Gasteiger partial charge in [-0.2, -0.15) is 10.1 Å². The van der Waals surface area contributed by atoms with Crippen molar-refractivity contribution in [2.45, 2.75) is 44.6 Å². The van der Waals surface area contributed by atoms with E-state index in [4.69, 9.17) is 24.3 Å². The van der Waals surface area contributed by atoms with Crippen LogP contribution in [0.25, 0.3) is 0 Å². The van der Waals surface area contributed by atoms with Crippen molar-refractivity contribution >= 4 is 31.3 Å². The summed E-state index contributed by atoms with van der Waals surface area (Å²) in [5, 5.41) is 2.62. The largest absolute Gasteiger partial charge is 0.462 e. The highest BCUT2D eigenvalue weighted by Crippen LogP contribution is 2.46. The van der Waals surface area contributed by atoms with Crippen molar-refractivity contribution in [3.05, 3.63) is 53.1 Å². The van der Waals surface area contributed by atoms with E-state index < -0.39 is 37.1 Å². The maximum atomic E-state index is 13.5. The third-order valence-corrected chi connectivity index (χ3v) is 7.04. The smallest absolute Gasteiger partial charge is 0.459 e. The Balaban J connectivity index is 1.66. The molecule has 1 aliphatic heterocycles. The summed E-state index contributed by atoms with van der Waals surface area (Å²) in [7, 11) is -4.00. The average molecular weight is 498 g/mol. The van der Waals surface area contributed by atoms with E-state index in [-0.39, 0.29) is 18.5 Å². The van der Waals surface area contributed by atoms with E-state index in [1.54, 1.807) is 44.2 Å². The molecule has 0 bridgehead atoms. The normalized spacial score (nSPS) is 20.8. The number of aromatic nitrogens is 2. The zero-order chi connectivity index (χ0) is 24.0. The van der Waals surface area contributed by atoms with Gasteiger partial charge in [-0.15, -0.1) is 11.8 Å². The predicted octanol–water partition coefficient (Wildman–Crippen LogP) is 2.55. The van der Waals surface area contributed by atoms with Gasteiger partial charge in [-0.3, -0.25) is 13.9 Å². The first-order chi connectivity index (χ1) is 15.6. The predicted molar refractivity (Wildman–Crippen MR) is 124 cm³/mol. The summed E-state index contributed by atoms with van der Waals surface area (Å²) in [6, 6.07) is 9.00. The molecule has 1 aliphatic rings. The lowest BCUT2D eigenvalue weighted by molar-refractivity contribution is -0.149. The number of esters is 1. The highest BCUT2D eigenvalue weighted by molar-refractivity contribution is 8.00. The van der Waals surface area contributed by atoms with Gasteiger partial charge in [0.25, 0.3) is 0 Å². The number of para-hydroxylation sites is 1. The molecule has 3 N–H and O–H groups in total. The zero-order valence-electron chi connectivity index (χ0n) is 18.5.